The van der Waals surface area contributed by atoms with Crippen molar-refractivity contribution in [2.75, 3.05) is 36.0 Å². The molecule has 8 heteroatoms. The lowest BCUT2D eigenvalue weighted by Gasteiger charge is -2.45. The van der Waals surface area contributed by atoms with Crippen LogP contribution in [0.3, 0.4) is 0 Å². The number of hydrogen-bond acceptors (Lipinski definition) is 6. The third-order valence-corrected chi connectivity index (χ3v) is 8.67. The lowest BCUT2D eigenvalue weighted by molar-refractivity contribution is -0.121. The third-order valence-electron chi connectivity index (χ3n) is 8.67. The number of carbonyl (C=O) groups is 1. The SMILES string of the molecule is O=C(CC1c2ccccc2N=C(N2CCN(c3ccncc3)CC2)N1c1ccc(-c2ccc(F)cc2)cc1)NCc1ccccc1. The minimum Gasteiger partial charge on any atom is -0.368 e. The number of guanidine groups is 1. The van der Waals surface area contributed by atoms with Crippen molar-refractivity contribution in [3.05, 3.63) is 145 Å². The fraction of sp³-hybridized carbons (Fsp3) is 0.184. The van der Waals surface area contributed by atoms with Gasteiger partial charge < -0.3 is 20.0 Å². The van der Waals surface area contributed by atoms with Gasteiger partial charge in [-0.15, -0.1) is 0 Å². The quantitative estimate of drug-likeness (QED) is 0.216. The molecule has 46 heavy (non-hydrogen) atoms. The number of amides is 1. The molecule has 4 aromatic carbocycles. The molecule has 230 valence electrons. The minimum atomic E-state index is -0.269. The summed E-state index contributed by atoms with van der Waals surface area (Å²) in [6.45, 7) is 3.70. The first kappa shape index (κ1) is 29.2. The summed E-state index contributed by atoms with van der Waals surface area (Å²) in [6, 6.07) is 36.7. The van der Waals surface area contributed by atoms with Crippen LogP contribution in [0.1, 0.15) is 23.6 Å². The molecule has 1 saturated heterocycles. The van der Waals surface area contributed by atoms with Crippen molar-refractivity contribution in [1.29, 1.82) is 0 Å². The van der Waals surface area contributed by atoms with Gasteiger partial charge in [-0.25, -0.2) is 9.38 Å². The van der Waals surface area contributed by atoms with E-state index in [1.807, 2.05) is 73.1 Å². The number of aliphatic imine (C=N–C) groups is 1. The summed E-state index contributed by atoms with van der Waals surface area (Å²) in [5.41, 5.74) is 6.98. The Balaban J connectivity index is 1.21. The molecule has 7 rings (SSSR count). The maximum Gasteiger partial charge on any atom is 0.222 e. The van der Waals surface area contributed by atoms with E-state index in [-0.39, 0.29) is 24.2 Å². The first-order chi connectivity index (χ1) is 22.6. The smallest absolute Gasteiger partial charge is 0.222 e. The third kappa shape index (κ3) is 6.33. The zero-order valence-corrected chi connectivity index (χ0v) is 25.5. The van der Waals surface area contributed by atoms with Crippen LogP contribution in [0.25, 0.3) is 11.1 Å². The molecule has 2 aliphatic heterocycles. The fourth-order valence-electron chi connectivity index (χ4n) is 6.25. The summed E-state index contributed by atoms with van der Waals surface area (Å²) in [5, 5.41) is 3.14. The van der Waals surface area contributed by atoms with E-state index >= 15 is 0 Å². The standard InChI is InChI=1S/C38H35FN6O/c39-31-14-10-29(11-15-31)30-12-16-33(17-13-30)45-36(26-37(46)41-27-28-6-2-1-3-7-28)34-8-4-5-9-35(34)42-38(45)44-24-22-43(23-25-44)32-18-20-40-21-19-32/h1-21,36H,22-27H2,(H,41,46). The highest BCUT2D eigenvalue weighted by Gasteiger charge is 2.36. The van der Waals surface area contributed by atoms with Crippen LogP contribution >= 0.6 is 0 Å². The number of rotatable bonds is 7. The number of para-hydroxylation sites is 1. The number of nitrogens with one attached hydrogen (secondary N) is 1. The number of pyridine rings is 1. The molecule has 3 heterocycles. The monoisotopic (exact) mass is 610 g/mol. The Morgan fingerprint density at radius 1 is 0.717 bits per heavy atom. The van der Waals surface area contributed by atoms with Gasteiger partial charge in [-0.05, 0) is 59.2 Å². The summed E-state index contributed by atoms with van der Waals surface area (Å²) >= 11 is 0. The van der Waals surface area contributed by atoms with Gasteiger partial charge in [0.2, 0.25) is 11.9 Å². The van der Waals surface area contributed by atoms with Crippen molar-refractivity contribution in [3.8, 4) is 11.1 Å². The van der Waals surface area contributed by atoms with Crippen LogP contribution < -0.4 is 15.1 Å². The summed E-state index contributed by atoms with van der Waals surface area (Å²) < 4.78 is 13.6. The maximum absolute atomic E-state index is 13.6. The van der Waals surface area contributed by atoms with Crippen molar-refractivity contribution in [2.45, 2.75) is 19.0 Å². The Kier molecular flexibility index (Phi) is 8.41. The number of halogens is 1. The van der Waals surface area contributed by atoms with E-state index in [9.17, 15) is 9.18 Å². The van der Waals surface area contributed by atoms with Crippen LogP contribution in [0.4, 0.5) is 21.5 Å². The average Bonchev–Trinajstić information content (AvgIpc) is 3.12. The molecule has 1 N–H and O–H groups in total. The molecule has 0 saturated carbocycles. The molecule has 1 atom stereocenters. The van der Waals surface area contributed by atoms with Gasteiger partial charge in [0.25, 0.3) is 0 Å². The predicted molar refractivity (Wildman–Crippen MR) is 182 cm³/mol. The van der Waals surface area contributed by atoms with Crippen LogP contribution in [-0.4, -0.2) is 47.9 Å². The van der Waals surface area contributed by atoms with Crippen LogP contribution in [0, 0.1) is 5.82 Å². The highest BCUT2D eigenvalue weighted by Crippen LogP contribution is 2.41. The molecular formula is C38H35FN6O. The van der Waals surface area contributed by atoms with E-state index in [4.69, 9.17) is 4.99 Å². The van der Waals surface area contributed by atoms with Gasteiger partial charge in [-0.2, -0.15) is 0 Å². The molecule has 0 bridgehead atoms. The largest absolute Gasteiger partial charge is 0.368 e. The van der Waals surface area contributed by atoms with Gasteiger partial charge in [0, 0.05) is 62.1 Å². The second-order valence-corrected chi connectivity index (χ2v) is 11.6. The number of carbonyl (C=O) groups excluding carboxylic acids is 1. The normalized spacial score (nSPS) is 16.1. The maximum atomic E-state index is 13.6. The predicted octanol–water partition coefficient (Wildman–Crippen LogP) is 6.97. The van der Waals surface area contributed by atoms with Gasteiger partial charge >= 0.3 is 0 Å². The van der Waals surface area contributed by atoms with Crippen molar-refractivity contribution < 1.29 is 9.18 Å². The van der Waals surface area contributed by atoms with Crippen molar-refractivity contribution in [2.24, 2.45) is 4.99 Å². The zero-order chi connectivity index (χ0) is 31.3. The first-order valence-electron chi connectivity index (χ1n) is 15.7. The van der Waals surface area contributed by atoms with Crippen molar-refractivity contribution >= 4 is 28.9 Å². The Bertz CT molecular complexity index is 1800. The number of nitrogens with zero attached hydrogens (tertiary/aromatic N) is 5. The number of aromatic nitrogens is 1. The van der Waals surface area contributed by atoms with Gasteiger partial charge in [0.1, 0.15) is 5.82 Å². The van der Waals surface area contributed by atoms with E-state index in [2.05, 4.69) is 55.3 Å². The van der Waals surface area contributed by atoms with Gasteiger partial charge in [-0.1, -0.05) is 72.8 Å². The molecule has 1 fully saturated rings. The highest BCUT2D eigenvalue weighted by molar-refractivity contribution is 6.01. The van der Waals surface area contributed by atoms with Gasteiger partial charge in [0.05, 0.1) is 18.2 Å². The average molecular weight is 611 g/mol. The lowest BCUT2D eigenvalue weighted by Crippen LogP contribution is -2.55. The van der Waals surface area contributed by atoms with E-state index < -0.39 is 0 Å². The summed E-state index contributed by atoms with van der Waals surface area (Å²) in [7, 11) is 0. The van der Waals surface area contributed by atoms with E-state index in [1.165, 1.54) is 12.1 Å². The molecule has 0 aliphatic carbocycles. The van der Waals surface area contributed by atoms with E-state index in [0.717, 1.165) is 71.5 Å². The summed E-state index contributed by atoms with van der Waals surface area (Å²) in [5.74, 6) is 0.550. The minimum absolute atomic E-state index is 0.0275. The molecule has 0 radical (unpaired) electrons. The molecule has 2 aliphatic rings. The lowest BCUT2D eigenvalue weighted by atomic mass is 9.96. The van der Waals surface area contributed by atoms with Crippen LogP contribution in [0.15, 0.2) is 133 Å². The Morgan fingerprint density at radius 3 is 2.07 bits per heavy atom. The van der Waals surface area contributed by atoms with Crippen molar-refractivity contribution in [1.82, 2.24) is 15.2 Å². The molecule has 1 unspecified atom stereocenters. The molecule has 1 aromatic heterocycles. The number of anilines is 2. The summed E-state index contributed by atoms with van der Waals surface area (Å²) in [6.07, 6.45) is 3.92. The molecule has 7 nitrogen and oxygen atoms in total. The zero-order valence-electron chi connectivity index (χ0n) is 25.5. The van der Waals surface area contributed by atoms with Gasteiger partial charge in [-0.3, -0.25) is 9.78 Å². The molecule has 1 amide bonds. The van der Waals surface area contributed by atoms with Crippen molar-refractivity contribution in [3.63, 3.8) is 0 Å². The Hall–Kier alpha value is -5.50. The summed E-state index contributed by atoms with van der Waals surface area (Å²) in [4.78, 5) is 29.9. The van der Waals surface area contributed by atoms with E-state index in [0.29, 0.717) is 6.54 Å². The fourth-order valence-corrected chi connectivity index (χ4v) is 6.25. The molecule has 0 spiro atoms. The topological polar surface area (TPSA) is 64.1 Å². The number of hydrogen-bond donors (Lipinski definition) is 1. The number of fused-ring (bicyclic) bond motifs is 1. The van der Waals surface area contributed by atoms with Gasteiger partial charge in [0.15, 0.2) is 0 Å². The number of piperazine rings is 1. The van der Waals surface area contributed by atoms with Crippen LogP contribution in [0.5, 0.6) is 0 Å². The number of benzene rings is 4. The van der Waals surface area contributed by atoms with Crippen LogP contribution in [-0.2, 0) is 11.3 Å². The first-order valence-corrected chi connectivity index (χ1v) is 15.7. The second-order valence-electron chi connectivity index (χ2n) is 11.6. The Labute approximate surface area is 268 Å². The van der Waals surface area contributed by atoms with Crippen LogP contribution in [0.2, 0.25) is 0 Å². The molecular weight excluding hydrogens is 575 g/mol. The van der Waals surface area contributed by atoms with E-state index in [1.54, 1.807) is 12.1 Å². The Morgan fingerprint density at radius 2 is 1.35 bits per heavy atom. The highest BCUT2D eigenvalue weighted by atomic mass is 19.1. The molecule has 5 aromatic rings. The second kappa shape index (κ2) is 13.2.